The first-order valence-corrected chi connectivity index (χ1v) is 20.1. The molecule has 0 atom stereocenters. The third-order valence-corrected chi connectivity index (χ3v) is 12.0. The van der Waals surface area contributed by atoms with E-state index >= 15 is 0 Å². The van der Waals surface area contributed by atoms with Crippen LogP contribution in [0.2, 0.25) is 0 Å². The van der Waals surface area contributed by atoms with Crippen LogP contribution in [0, 0.1) is 0 Å². The summed E-state index contributed by atoms with van der Waals surface area (Å²) in [6.07, 6.45) is 1.92. The lowest BCUT2D eigenvalue weighted by Crippen LogP contribution is -1.94. The molecular weight excluding hydrogens is 715 g/mol. The quantitative estimate of drug-likeness (QED) is 0.164. The molecule has 12 aromatic rings. The fraction of sp³-hybridized carbons (Fsp3) is 0. The summed E-state index contributed by atoms with van der Waals surface area (Å²) in [6.45, 7) is 0. The van der Waals surface area contributed by atoms with Crippen molar-refractivity contribution in [1.29, 1.82) is 0 Å². The first-order valence-electron chi connectivity index (χ1n) is 20.1. The smallest absolute Gasteiger partial charge is 0.0979 e. The van der Waals surface area contributed by atoms with Crippen molar-refractivity contribution < 1.29 is 0 Å². The van der Waals surface area contributed by atoms with E-state index in [9.17, 15) is 0 Å². The van der Waals surface area contributed by atoms with Gasteiger partial charge in [-0.1, -0.05) is 158 Å². The molecule has 0 radical (unpaired) electrons. The zero-order valence-electron chi connectivity index (χ0n) is 32.0. The van der Waals surface area contributed by atoms with Gasteiger partial charge in [0.2, 0.25) is 0 Å². The van der Waals surface area contributed by atoms with E-state index in [-0.39, 0.29) is 0 Å². The molecule has 0 saturated heterocycles. The second-order valence-electron chi connectivity index (χ2n) is 15.4. The number of para-hydroxylation sites is 1. The predicted molar refractivity (Wildman–Crippen MR) is 248 cm³/mol. The van der Waals surface area contributed by atoms with Gasteiger partial charge in [-0.05, 0) is 103 Å². The van der Waals surface area contributed by atoms with E-state index in [4.69, 9.17) is 9.97 Å². The van der Waals surface area contributed by atoms with Crippen molar-refractivity contribution in [1.82, 2.24) is 14.5 Å². The van der Waals surface area contributed by atoms with Crippen molar-refractivity contribution in [2.75, 3.05) is 0 Å². The lowest BCUT2D eigenvalue weighted by atomic mass is 9.97. The van der Waals surface area contributed by atoms with Gasteiger partial charge in [-0.2, -0.15) is 0 Å². The van der Waals surface area contributed by atoms with Crippen LogP contribution in [0.25, 0.3) is 115 Å². The molecule has 0 amide bonds. The standard InChI is InChI=1S/C56H35N3/c1-2-13-37-30-42(27-26-36(37)12-1)43-28-29-54-51(34-43)48-22-7-8-25-53(48)59(54)45-19-11-17-41(33-45)39-15-9-14-38(31-39)40-16-10-18-44(32-40)52-35-57-55-49-23-5-3-20-46(49)47-21-4-6-24-50(47)56(55)58-52/h1-35H. The van der Waals surface area contributed by atoms with Crippen LogP contribution in [0.3, 0.4) is 0 Å². The molecule has 0 unspecified atom stereocenters. The summed E-state index contributed by atoms with van der Waals surface area (Å²) in [5.41, 5.74) is 14.3. The molecule has 0 aliphatic heterocycles. The first-order chi connectivity index (χ1) is 29.2. The summed E-state index contributed by atoms with van der Waals surface area (Å²) in [5, 5.41) is 9.64. The highest BCUT2D eigenvalue weighted by atomic mass is 15.0. The predicted octanol–water partition coefficient (Wildman–Crippen LogP) is 14.9. The van der Waals surface area contributed by atoms with Crippen LogP contribution in [0.1, 0.15) is 0 Å². The van der Waals surface area contributed by atoms with Gasteiger partial charge in [0.05, 0.1) is 34.0 Å². The van der Waals surface area contributed by atoms with Crippen LogP contribution in [-0.2, 0) is 0 Å². The Balaban J connectivity index is 0.916. The van der Waals surface area contributed by atoms with Crippen LogP contribution < -0.4 is 0 Å². The molecule has 0 aliphatic carbocycles. The maximum absolute atomic E-state index is 5.27. The van der Waals surface area contributed by atoms with E-state index in [0.717, 1.165) is 55.4 Å². The van der Waals surface area contributed by atoms with Gasteiger partial charge < -0.3 is 4.57 Å². The van der Waals surface area contributed by atoms with Crippen molar-refractivity contribution in [3.8, 4) is 50.3 Å². The third kappa shape index (κ3) is 5.51. The number of fused-ring (bicyclic) bond motifs is 10. The highest BCUT2D eigenvalue weighted by Gasteiger charge is 2.16. The Bertz CT molecular complexity index is 3600. The molecule has 0 fully saturated rings. The average Bonchev–Trinajstić information content (AvgIpc) is 3.65. The normalized spacial score (nSPS) is 11.7. The van der Waals surface area contributed by atoms with Crippen molar-refractivity contribution >= 4 is 65.2 Å². The molecule has 3 heteroatoms. The largest absolute Gasteiger partial charge is 0.309 e. The third-order valence-electron chi connectivity index (χ3n) is 12.0. The molecular formula is C56H35N3. The maximum atomic E-state index is 5.27. The van der Waals surface area contributed by atoms with Gasteiger partial charge in [0.1, 0.15) is 0 Å². The highest BCUT2D eigenvalue weighted by molar-refractivity contribution is 6.23. The highest BCUT2D eigenvalue weighted by Crippen LogP contribution is 2.38. The Morgan fingerprint density at radius 1 is 0.305 bits per heavy atom. The maximum Gasteiger partial charge on any atom is 0.0979 e. The summed E-state index contributed by atoms with van der Waals surface area (Å²) < 4.78 is 2.41. The van der Waals surface area contributed by atoms with E-state index in [1.54, 1.807) is 0 Å². The Kier molecular flexibility index (Phi) is 7.54. The molecule has 0 bridgehead atoms. The van der Waals surface area contributed by atoms with Gasteiger partial charge in [0.25, 0.3) is 0 Å². The van der Waals surface area contributed by atoms with Crippen molar-refractivity contribution in [3.63, 3.8) is 0 Å². The molecule has 0 aliphatic rings. The van der Waals surface area contributed by atoms with Crippen molar-refractivity contribution in [2.45, 2.75) is 0 Å². The molecule has 274 valence electrons. The van der Waals surface area contributed by atoms with Crippen LogP contribution in [-0.4, -0.2) is 14.5 Å². The van der Waals surface area contributed by atoms with Crippen LogP contribution in [0.15, 0.2) is 212 Å². The second-order valence-corrected chi connectivity index (χ2v) is 15.4. The summed E-state index contributed by atoms with van der Waals surface area (Å²) in [7, 11) is 0. The van der Waals surface area contributed by atoms with Crippen LogP contribution in [0.5, 0.6) is 0 Å². The number of nitrogens with zero attached hydrogens (tertiary/aromatic N) is 3. The number of rotatable bonds is 5. The Morgan fingerprint density at radius 3 is 1.59 bits per heavy atom. The summed E-state index contributed by atoms with van der Waals surface area (Å²) >= 11 is 0. The van der Waals surface area contributed by atoms with Crippen molar-refractivity contribution in [3.05, 3.63) is 212 Å². The number of aromatic nitrogens is 3. The minimum Gasteiger partial charge on any atom is -0.309 e. The Hall–Kier alpha value is -7.88. The molecule has 10 aromatic carbocycles. The first kappa shape index (κ1) is 33.3. The Morgan fingerprint density at radius 2 is 0.831 bits per heavy atom. The van der Waals surface area contributed by atoms with Gasteiger partial charge in [0, 0.05) is 32.8 Å². The van der Waals surface area contributed by atoms with E-state index in [1.165, 1.54) is 60.0 Å². The van der Waals surface area contributed by atoms with Gasteiger partial charge in [-0.15, -0.1) is 0 Å². The molecule has 12 rings (SSSR count). The fourth-order valence-corrected chi connectivity index (χ4v) is 9.12. The van der Waals surface area contributed by atoms with Crippen LogP contribution >= 0.6 is 0 Å². The molecule has 0 saturated carbocycles. The van der Waals surface area contributed by atoms with E-state index < -0.39 is 0 Å². The molecule has 59 heavy (non-hydrogen) atoms. The van der Waals surface area contributed by atoms with Crippen LogP contribution in [0.4, 0.5) is 0 Å². The summed E-state index contributed by atoms with van der Waals surface area (Å²) in [5.74, 6) is 0. The number of hydrogen-bond acceptors (Lipinski definition) is 2. The summed E-state index contributed by atoms with van der Waals surface area (Å²) in [4.78, 5) is 10.3. The zero-order chi connectivity index (χ0) is 38.9. The SMILES string of the molecule is c1cc(-c2cccc(-c3cnc4c5ccccc5c5ccccc5c4n3)c2)cc(-c2cccc(-n3c4ccccc4c4cc(-c5ccc6ccccc6c5)ccc43)c2)c1. The average molecular weight is 750 g/mol. The monoisotopic (exact) mass is 749 g/mol. The van der Waals surface area contributed by atoms with Gasteiger partial charge >= 0.3 is 0 Å². The molecule has 0 spiro atoms. The molecule has 0 N–H and O–H groups in total. The van der Waals surface area contributed by atoms with E-state index in [0.29, 0.717) is 0 Å². The second kappa shape index (κ2) is 13.4. The number of benzene rings is 10. The lowest BCUT2D eigenvalue weighted by molar-refractivity contribution is 1.18. The minimum atomic E-state index is 0.860. The van der Waals surface area contributed by atoms with Gasteiger partial charge in [-0.3, -0.25) is 4.98 Å². The topological polar surface area (TPSA) is 30.7 Å². The van der Waals surface area contributed by atoms with E-state index in [1.807, 2.05) is 6.20 Å². The van der Waals surface area contributed by atoms with E-state index in [2.05, 4.69) is 211 Å². The van der Waals surface area contributed by atoms with Gasteiger partial charge in [-0.25, -0.2) is 4.98 Å². The fourth-order valence-electron chi connectivity index (χ4n) is 9.12. The zero-order valence-corrected chi connectivity index (χ0v) is 32.0. The minimum absolute atomic E-state index is 0.860. The lowest BCUT2D eigenvalue weighted by Gasteiger charge is -2.12. The summed E-state index contributed by atoms with van der Waals surface area (Å²) in [6, 6.07) is 74.4. The molecule has 3 nitrogen and oxygen atoms in total. The van der Waals surface area contributed by atoms with Gasteiger partial charge in [0.15, 0.2) is 0 Å². The Labute approximate surface area is 341 Å². The molecule has 2 heterocycles. The van der Waals surface area contributed by atoms with Crippen molar-refractivity contribution in [2.24, 2.45) is 0 Å². The number of hydrogen-bond donors (Lipinski definition) is 0. The molecule has 2 aromatic heterocycles.